The average molecular weight is 362 g/mol. The van der Waals surface area contributed by atoms with Crippen molar-refractivity contribution in [1.29, 1.82) is 0 Å². The third-order valence-electron chi connectivity index (χ3n) is 3.81. The predicted molar refractivity (Wildman–Crippen MR) is 90.9 cm³/mol. The van der Waals surface area contributed by atoms with Crippen LogP contribution in [0.3, 0.4) is 0 Å². The highest BCUT2D eigenvalue weighted by Crippen LogP contribution is 2.37. The summed E-state index contributed by atoms with van der Waals surface area (Å²) in [5.41, 5.74) is 4.56. The van der Waals surface area contributed by atoms with Gasteiger partial charge in [0.1, 0.15) is 11.1 Å². The molecule has 0 bridgehead atoms. The van der Waals surface area contributed by atoms with Crippen LogP contribution in [0.2, 0.25) is 0 Å². The van der Waals surface area contributed by atoms with E-state index in [9.17, 15) is 9.59 Å². The Morgan fingerprint density at radius 2 is 2.00 bits per heavy atom. The predicted octanol–water partition coefficient (Wildman–Crippen LogP) is 1.70. The maximum absolute atomic E-state index is 12.4. The molecule has 25 heavy (non-hydrogen) atoms. The minimum Gasteiger partial charge on any atom is -0.465 e. The Bertz CT molecular complexity index is 790. The number of hydrogen-bond donors (Lipinski definition) is 1. The molecule has 0 saturated carbocycles. The molecule has 2 atom stereocenters. The average Bonchev–Trinajstić information content (AvgIpc) is 3.00. The monoisotopic (exact) mass is 362 g/mol. The maximum atomic E-state index is 12.4. The molecule has 0 unspecified atom stereocenters. The van der Waals surface area contributed by atoms with Crippen LogP contribution < -0.4 is 5.43 Å². The van der Waals surface area contributed by atoms with Crippen molar-refractivity contribution in [3.05, 3.63) is 41.2 Å². The van der Waals surface area contributed by atoms with Crippen LogP contribution in [0.1, 0.15) is 34.7 Å². The zero-order valence-corrected chi connectivity index (χ0v) is 14.9. The van der Waals surface area contributed by atoms with Crippen molar-refractivity contribution < 1.29 is 19.1 Å². The van der Waals surface area contributed by atoms with Crippen LogP contribution in [-0.2, 0) is 14.3 Å². The second-order valence-electron chi connectivity index (χ2n) is 5.38. The van der Waals surface area contributed by atoms with Gasteiger partial charge in [-0.25, -0.2) is 9.47 Å². The Morgan fingerprint density at radius 3 is 2.64 bits per heavy atom. The smallest absolute Gasteiger partial charge is 0.337 e. The molecule has 1 aliphatic heterocycles. The van der Waals surface area contributed by atoms with Gasteiger partial charge in [-0.15, -0.1) is 10.2 Å². The molecule has 0 radical (unpaired) electrons. The number of nitrogens with one attached hydrogen (secondary N) is 1. The number of benzene rings is 1. The number of thioether (sulfide) groups is 1. The molecule has 3 rings (SSSR count). The Labute approximate surface area is 148 Å². The van der Waals surface area contributed by atoms with E-state index in [1.54, 1.807) is 35.9 Å². The van der Waals surface area contributed by atoms with Gasteiger partial charge in [-0.1, -0.05) is 23.9 Å². The molecular weight excluding hydrogens is 344 g/mol. The highest BCUT2D eigenvalue weighted by Gasteiger charge is 2.38. The lowest BCUT2D eigenvalue weighted by Crippen LogP contribution is -2.39. The second-order valence-corrected chi connectivity index (χ2v) is 6.48. The zero-order chi connectivity index (χ0) is 18.0. The first-order chi connectivity index (χ1) is 12.0. The summed E-state index contributed by atoms with van der Waals surface area (Å²) in [6.07, 6.45) is 0. The molecule has 1 aliphatic rings. The van der Waals surface area contributed by atoms with E-state index in [1.807, 2.05) is 6.92 Å². The van der Waals surface area contributed by atoms with E-state index in [1.165, 1.54) is 18.9 Å². The number of aromatic nitrogens is 3. The van der Waals surface area contributed by atoms with Gasteiger partial charge in [0.05, 0.1) is 25.3 Å². The number of nitrogens with zero attached hydrogens (tertiary/aromatic N) is 3. The lowest BCUT2D eigenvalue weighted by atomic mass is 10.0. The Kier molecular flexibility index (Phi) is 4.93. The first kappa shape index (κ1) is 17.3. The number of esters is 2. The maximum Gasteiger partial charge on any atom is 0.337 e. The van der Waals surface area contributed by atoms with Gasteiger partial charge >= 0.3 is 11.9 Å². The normalized spacial score (nSPS) is 18.8. The Morgan fingerprint density at radius 1 is 1.28 bits per heavy atom. The van der Waals surface area contributed by atoms with Gasteiger partial charge in [-0.2, -0.15) is 0 Å². The molecule has 0 aliphatic carbocycles. The summed E-state index contributed by atoms with van der Waals surface area (Å²) in [4.78, 5) is 24.0. The van der Waals surface area contributed by atoms with E-state index >= 15 is 0 Å². The van der Waals surface area contributed by atoms with E-state index in [4.69, 9.17) is 9.47 Å². The van der Waals surface area contributed by atoms with Crippen molar-refractivity contribution in [2.75, 3.05) is 19.1 Å². The summed E-state index contributed by atoms with van der Waals surface area (Å²) in [5, 5.41) is 8.20. The van der Waals surface area contributed by atoms with Gasteiger partial charge in [0.25, 0.3) is 0 Å². The summed E-state index contributed by atoms with van der Waals surface area (Å²) in [5.74, 6) is -0.0358. The number of carbonyl (C=O) groups excluding carboxylic acids is 2. The summed E-state index contributed by atoms with van der Waals surface area (Å²) < 4.78 is 11.7. The number of ether oxygens (including phenoxy) is 2. The zero-order valence-electron chi connectivity index (χ0n) is 14.1. The van der Waals surface area contributed by atoms with Gasteiger partial charge in [0.15, 0.2) is 0 Å². The fourth-order valence-corrected chi connectivity index (χ4v) is 3.68. The van der Waals surface area contributed by atoms with Crippen molar-refractivity contribution in [2.24, 2.45) is 0 Å². The molecular formula is C16H18N4O4S. The lowest BCUT2D eigenvalue weighted by molar-refractivity contribution is -0.142. The lowest BCUT2D eigenvalue weighted by Gasteiger charge is -2.32. The van der Waals surface area contributed by atoms with Crippen molar-refractivity contribution >= 4 is 23.7 Å². The molecule has 2 aromatic rings. The number of fused-ring (bicyclic) bond motifs is 1. The third kappa shape index (κ3) is 3.32. The molecule has 0 fully saturated rings. The number of carbonyl (C=O) groups is 2. The van der Waals surface area contributed by atoms with Crippen molar-refractivity contribution in [3.63, 3.8) is 0 Å². The number of rotatable bonds is 4. The molecule has 1 aromatic heterocycles. The van der Waals surface area contributed by atoms with Crippen molar-refractivity contribution in [3.8, 4) is 0 Å². The van der Waals surface area contributed by atoms with Gasteiger partial charge in [0, 0.05) is 0 Å². The van der Waals surface area contributed by atoms with E-state index < -0.39 is 11.2 Å². The first-order valence-corrected chi connectivity index (χ1v) is 8.63. The quantitative estimate of drug-likeness (QED) is 0.821. The van der Waals surface area contributed by atoms with Crippen LogP contribution in [0.4, 0.5) is 0 Å². The molecule has 0 saturated heterocycles. The standard InChI is InChI=1S/C16H18N4O4S/c1-4-24-15(22)13-12(19-20-9(2)17-18-16(20)25-13)10-5-7-11(8-6-10)14(21)23-3/h5-8,12-13,19H,4H2,1-3H3/t12-,13-/m1/s1. The third-order valence-corrected chi connectivity index (χ3v) is 5.00. The highest BCUT2D eigenvalue weighted by molar-refractivity contribution is 8.00. The van der Waals surface area contributed by atoms with Crippen LogP contribution in [0.25, 0.3) is 0 Å². The van der Waals surface area contributed by atoms with Crippen LogP contribution in [0.5, 0.6) is 0 Å². The second kappa shape index (κ2) is 7.14. The van der Waals surface area contributed by atoms with E-state index in [0.717, 1.165) is 5.56 Å². The largest absolute Gasteiger partial charge is 0.465 e. The van der Waals surface area contributed by atoms with Gasteiger partial charge < -0.3 is 14.9 Å². The van der Waals surface area contributed by atoms with E-state index in [0.29, 0.717) is 23.2 Å². The molecule has 1 aromatic carbocycles. The fraction of sp³-hybridized carbons (Fsp3) is 0.375. The molecule has 0 spiro atoms. The summed E-state index contributed by atoms with van der Waals surface area (Å²) in [7, 11) is 1.34. The van der Waals surface area contributed by atoms with Crippen LogP contribution in [0.15, 0.2) is 29.4 Å². The molecule has 132 valence electrons. The van der Waals surface area contributed by atoms with Crippen LogP contribution in [-0.4, -0.2) is 45.8 Å². The Hall–Kier alpha value is -2.55. The molecule has 9 heteroatoms. The number of aryl methyl sites for hydroxylation is 1. The Balaban J connectivity index is 1.94. The van der Waals surface area contributed by atoms with Gasteiger partial charge in [0.2, 0.25) is 5.16 Å². The van der Waals surface area contributed by atoms with Crippen LogP contribution in [0, 0.1) is 6.92 Å². The minimum absolute atomic E-state index is 0.301. The first-order valence-electron chi connectivity index (χ1n) is 7.75. The van der Waals surface area contributed by atoms with E-state index in [-0.39, 0.29) is 12.0 Å². The SMILES string of the molecule is CCOC(=O)[C@@H]1Sc2nnc(C)n2N[C@@H]1c1ccc(C(=O)OC)cc1. The molecule has 1 N–H and O–H groups in total. The summed E-state index contributed by atoms with van der Waals surface area (Å²) >= 11 is 1.30. The van der Waals surface area contributed by atoms with Crippen molar-refractivity contribution in [2.45, 2.75) is 30.3 Å². The van der Waals surface area contributed by atoms with Crippen LogP contribution >= 0.6 is 11.8 Å². The molecule has 8 nitrogen and oxygen atoms in total. The van der Waals surface area contributed by atoms with E-state index in [2.05, 4.69) is 15.6 Å². The van der Waals surface area contributed by atoms with Gasteiger partial charge in [-0.05, 0) is 31.5 Å². The van der Waals surface area contributed by atoms with Crippen molar-refractivity contribution in [1.82, 2.24) is 14.9 Å². The van der Waals surface area contributed by atoms with Gasteiger partial charge in [-0.3, -0.25) is 4.79 Å². The molecule has 0 amide bonds. The minimum atomic E-state index is -0.514. The summed E-state index contributed by atoms with van der Waals surface area (Å²) in [6, 6.07) is 6.58. The number of hydrogen-bond acceptors (Lipinski definition) is 8. The molecule has 2 heterocycles. The topological polar surface area (TPSA) is 95.3 Å². The summed E-state index contributed by atoms with van der Waals surface area (Å²) in [6.45, 7) is 3.90. The fourth-order valence-electron chi connectivity index (χ4n) is 2.56. The highest BCUT2D eigenvalue weighted by atomic mass is 32.2. The number of methoxy groups -OCH3 is 1.